The van der Waals surface area contributed by atoms with Crippen LogP contribution in [-0.4, -0.2) is 29.6 Å². The van der Waals surface area contributed by atoms with E-state index < -0.39 is 18.6 Å². The van der Waals surface area contributed by atoms with Gasteiger partial charge in [0.1, 0.15) is 0 Å². The monoisotopic (exact) mass is 325 g/mol. The Morgan fingerprint density at radius 3 is 1.90 bits per heavy atom. The van der Waals surface area contributed by atoms with Crippen LogP contribution in [0.15, 0.2) is 0 Å². The number of carboxylic acids is 1. The Balaban J connectivity index is 0. The number of amides is 1. The summed E-state index contributed by atoms with van der Waals surface area (Å²) in [4.78, 5) is 21.9. The molecule has 5 nitrogen and oxygen atoms in total. The van der Waals surface area contributed by atoms with Crippen LogP contribution in [0.2, 0.25) is 0 Å². The average Bonchev–Trinajstić information content (AvgIpc) is 2.42. The average molecular weight is 325 g/mol. The minimum absolute atomic E-state index is 0. The van der Waals surface area contributed by atoms with E-state index in [-0.39, 0.29) is 57.3 Å². The van der Waals surface area contributed by atoms with Gasteiger partial charge in [-0.3, -0.25) is 4.79 Å². The zero-order valence-corrected chi connectivity index (χ0v) is 16.7. The summed E-state index contributed by atoms with van der Waals surface area (Å²) in [6, 6.07) is -1.29. The maximum absolute atomic E-state index is 11.4. The summed E-state index contributed by atoms with van der Waals surface area (Å²) in [5.41, 5.74) is 0. The van der Waals surface area contributed by atoms with Crippen molar-refractivity contribution in [3.63, 3.8) is 0 Å². The normalized spacial score (nSPS) is 11.5. The molecule has 0 spiro atoms. The Hall–Kier alpha value is 0.536. The molecule has 0 bridgehead atoms. The standard InChI is InChI=1S/C15H29NO4.K/c1-2-3-4-5-6-7-8-9-10-11-14(18)16-13(12-17)15(19)20;/h13,17H,2-12H2,1H3,(H,16,18)(H,19,20);/q;+1/p-1/t13-;/m0./s1. The number of aliphatic carboxylic acids is 1. The molecule has 0 aromatic rings. The second-order valence-corrected chi connectivity index (χ2v) is 5.20. The summed E-state index contributed by atoms with van der Waals surface area (Å²) in [5.74, 6) is -1.79. The quantitative estimate of drug-likeness (QED) is 0.307. The number of carbonyl (C=O) groups excluding carboxylic acids is 2. The molecule has 0 aliphatic carbocycles. The first-order chi connectivity index (χ1) is 9.61. The van der Waals surface area contributed by atoms with Gasteiger partial charge in [0.25, 0.3) is 0 Å². The minimum atomic E-state index is -1.45. The van der Waals surface area contributed by atoms with Crippen molar-refractivity contribution in [1.82, 2.24) is 5.32 Å². The van der Waals surface area contributed by atoms with Crippen molar-refractivity contribution >= 4 is 11.9 Å². The fourth-order valence-corrected chi connectivity index (χ4v) is 2.04. The van der Waals surface area contributed by atoms with E-state index in [4.69, 9.17) is 5.11 Å². The summed E-state index contributed by atoms with van der Waals surface area (Å²) >= 11 is 0. The van der Waals surface area contributed by atoms with Gasteiger partial charge >= 0.3 is 51.4 Å². The molecule has 0 aromatic carbocycles. The van der Waals surface area contributed by atoms with E-state index in [0.29, 0.717) is 6.42 Å². The number of hydrogen-bond acceptors (Lipinski definition) is 4. The number of aliphatic hydroxyl groups is 1. The van der Waals surface area contributed by atoms with E-state index in [1.807, 2.05) is 0 Å². The zero-order valence-electron chi connectivity index (χ0n) is 13.5. The second-order valence-electron chi connectivity index (χ2n) is 5.20. The Morgan fingerprint density at radius 2 is 1.48 bits per heavy atom. The van der Waals surface area contributed by atoms with Crippen LogP contribution in [0.1, 0.15) is 71.1 Å². The maximum atomic E-state index is 11.4. The van der Waals surface area contributed by atoms with Crippen LogP contribution in [-0.2, 0) is 9.59 Å². The van der Waals surface area contributed by atoms with Crippen molar-refractivity contribution in [2.24, 2.45) is 0 Å². The van der Waals surface area contributed by atoms with Crippen molar-refractivity contribution in [1.29, 1.82) is 0 Å². The summed E-state index contributed by atoms with van der Waals surface area (Å²) < 4.78 is 0. The second kappa shape index (κ2) is 16.9. The van der Waals surface area contributed by atoms with Crippen LogP contribution < -0.4 is 61.8 Å². The molecule has 0 unspecified atom stereocenters. The molecule has 0 saturated carbocycles. The fraction of sp³-hybridized carbons (Fsp3) is 0.867. The molecule has 1 amide bonds. The number of aliphatic hydroxyl groups excluding tert-OH is 1. The molecule has 0 heterocycles. The van der Waals surface area contributed by atoms with Crippen molar-refractivity contribution in [2.75, 3.05) is 6.61 Å². The first-order valence-electron chi connectivity index (χ1n) is 7.72. The van der Waals surface area contributed by atoms with Gasteiger partial charge in [0.05, 0.1) is 18.6 Å². The summed E-state index contributed by atoms with van der Waals surface area (Å²) in [6.45, 7) is 1.57. The number of carbonyl (C=O) groups is 2. The predicted molar refractivity (Wildman–Crippen MR) is 75.9 cm³/mol. The van der Waals surface area contributed by atoms with E-state index in [1.54, 1.807) is 0 Å². The molecule has 6 heteroatoms. The minimum Gasteiger partial charge on any atom is -0.548 e. The Labute approximate surface area is 170 Å². The van der Waals surface area contributed by atoms with Crippen molar-refractivity contribution < 1.29 is 71.2 Å². The molecule has 0 aromatic heterocycles. The topological polar surface area (TPSA) is 89.5 Å². The molecule has 0 aliphatic rings. The van der Waals surface area contributed by atoms with Gasteiger partial charge in [0.15, 0.2) is 0 Å². The van der Waals surface area contributed by atoms with Crippen molar-refractivity contribution in [3.8, 4) is 0 Å². The largest absolute Gasteiger partial charge is 1.00 e. The number of unbranched alkanes of at least 4 members (excludes halogenated alkanes) is 8. The van der Waals surface area contributed by atoms with E-state index >= 15 is 0 Å². The Kier molecular flexibility index (Phi) is 19.2. The van der Waals surface area contributed by atoms with Gasteiger partial charge in [-0.2, -0.15) is 0 Å². The van der Waals surface area contributed by atoms with Gasteiger partial charge < -0.3 is 20.3 Å². The Bertz CT molecular complexity index is 274. The SMILES string of the molecule is CCCCCCCCCCCC(=O)N[C@@H](CO)C(=O)[O-].[K+]. The molecular formula is C15H28KNO4. The van der Waals surface area contributed by atoms with Crippen LogP contribution in [0.5, 0.6) is 0 Å². The zero-order chi connectivity index (χ0) is 15.2. The van der Waals surface area contributed by atoms with E-state index in [0.717, 1.165) is 19.3 Å². The molecular weight excluding hydrogens is 297 g/mol. The van der Waals surface area contributed by atoms with Gasteiger partial charge in [-0.05, 0) is 6.42 Å². The summed E-state index contributed by atoms with van der Waals surface area (Å²) in [7, 11) is 0. The predicted octanol–water partition coefficient (Wildman–Crippen LogP) is -1.86. The van der Waals surface area contributed by atoms with Crippen LogP contribution in [0.4, 0.5) is 0 Å². The van der Waals surface area contributed by atoms with E-state index in [9.17, 15) is 14.7 Å². The molecule has 0 saturated heterocycles. The van der Waals surface area contributed by atoms with Crippen molar-refractivity contribution in [3.05, 3.63) is 0 Å². The van der Waals surface area contributed by atoms with Crippen LogP contribution in [0.25, 0.3) is 0 Å². The Morgan fingerprint density at radius 1 is 1.00 bits per heavy atom. The van der Waals surface area contributed by atoms with Crippen LogP contribution >= 0.6 is 0 Å². The molecule has 1 atom stereocenters. The summed E-state index contributed by atoms with van der Waals surface area (Å²) in [6.07, 6.45) is 10.8. The molecule has 0 radical (unpaired) electrons. The number of carboxylic acid groups (broad SMARTS) is 1. The van der Waals surface area contributed by atoms with Crippen LogP contribution in [0, 0.1) is 0 Å². The number of rotatable bonds is 13. The maximum Gasteiger partial charge on any atom is 1.00 e. The van der Waals surface area contributed by atoms with E-state index in [1.165, 1.54) is 38.5 Å². The van der Waals surface area contributed by atoms with Gasteiger partial charge in [-0.1, -0.05) is 58.3 Å². The van der Waals surface area contributed by atoms with Crippen LogP contribution in [0.3, 0.4) is 0 Å². The third-order valence-electron chi connectivity index (χ3n) is 3.31. The third kappa shape index (κ3) is 15.2. The first kappa shape index (κ1) is 23.8. The third-order valence-corrected chi connectivity index (χ3v) is 3.31. The molecule has 0 aliphatic heterocycles. The molecule has 0 fully saturated rings. The van der Waals surface area contributed by atoms with Gasteiger partial charge in [-0.15, -0.1) is 0 Å². The smallest absolute Gasteiger partial charge is 0.548 e. The van der Waals surface area contributed by atoms with Gasteiger partial charge in [0, 0.05) is 6.42 Å². The number of nitrogens with one attached hydrogen (secondary N) is 1. The first-order valence-corrected chi connectivity index (χ1v) is 7.72. The van der Waals surface area contributed by atoms with E-state index in [2.05, 4.69) is 12.2 Å². The fourth-order valence-electron chi connectivity index (χ4n) is 2.04. The number of hydrogen-bond donors (Lipinski definition) is 2. The molecule has 21 heavy (non-hydrogen) atoms. The van der Waals surface area contributed by atoms with Gasteiger partial charge in [0.2, 0.25) is 5.91 Å². The van der Waals surface area contributed by atoms with Gasteiger partial charge in [-0.25, -0.2) is 0 Å². The molecule has 0 rings (SSSR count). The van der Waals surface area contributed by atoms with Crippen molar-refractivity contribution in [2.45, 2.75) is 77.2 Å². The molecule has 2 N–H and O–H groups in total. The molecule has 118 valence electrons. The summed E-state index contributed by atoms with van der Waals surface area (Å²) in [5, 5.41) is 21.5.